The van der Waals surface area contributed by atoms with Gasteiger partial charge in [-0.1, -0.05) is 35.9 Å². The van der Waals surface area contributed by atoms with E-state index in [1.807, 2.05) is 6.92 Å². The largest absolute Gasteiger partial charge is 0.497 e. The zero-order valence-electron chi connectivity index (χ0n) is 16.8. The van der Waals surface area contributed by atoms with Crippen LogP contribution in [0.15, 0.2) is 48.5 Å². The minimum Gasteiger partial charge on any atom is -0.497 e. The van der Waals surface area contributed by atoms with Crippen LogP contribution in [0.3, 0.4) is 0 Å². The SMILES string of the molecule is COc1cccc(NC(=O)C(=O)NC[C@@H](c2ccc(C)cc2)N2CCOCC2)c1. The van der Waals surface area contributed by atoms with Gasteiger partial charge in [0.1, 0.15) is 5.75 Å². The van der Waals surface area contributed by atoms with Gasteiger partial charge < -0.3 is 20.1 Å². The second-order valence-corrected chi connectivity index (χ2v) is 6.97. The molecule has 3 rings (SSSR count). The molecule has 0 aliphatic carbocycles. The van der Waals surface area contributed by atoms with Crippen LogP contribution >= 0.6 is 0 Å². The summed E-state index contributed by atoms with van der Waals surface area (Å²) in [6, 6.07) is 15.1. The molecule has 0 unspecified atom stereocenters. The normalized spacial score (nSPS) is 15.4. The number of carbonyl (C=O) groups is 2. The lowest BCUT2D eigenvalue weighted by atomic mass is 10.0. The number of methoxy groups -OCH3 is 1. The Bertz CT molecular complexity index is 832. The quantitative estimate of drug-likeness (QED) is 0.730. The van der Waals surface area contributed by atoms with Crippen LogP contribution < -0.4 is 15.4 Å². The van der Waals surface area contributed by atoms with Gasteiger partial charge >= 0.3 is 11.8 Å². The molecule has 0 bridgehead atoms. The third-order valence-corrected chi connectivity index (χ3v) is 4.94. The average molecular weight is 397 g/mol. The maximum Gasteiger partial charge on any atom is 0.313 e. The number of aryl methyl sites for hydroxylation is 1. The third-order valence-electron chi connectivity index (χ3n) is 4.94. The highest BCUT2D eigenvalue weighted by Gasteiger charge is 2.24. The van der Waals surface area contributed by atoms with Crippen LogP contribution in [-0.2, 0) is 14.3 Å². The summed E-state index contributed by atoms with van der Waals surface area (Å²) in [7, 11) is 1.55. The first-order valence-corrected chi connectivity index (χ1v) is 9.68. The van der Waals surface area contributed by atoms with Crippen molar-refractivity contribution < 1.29 is 19.1 Å². The Kier molecular flexibility index (Phi) is 7.21. The van der Waals surface area contributed by atoms with Gasteiger partial charge in [0.2, 0.25) is 0 Å². The van der Waals surface area contributed by atoms with E-state index in [0.717, 1.165) is 18.7 Å². The number of ether oxygens (including phenoxy) is 2. The number of carbonyl (C=O) groups excluding carboxylic acids is 2. The van der Waals surface area contributed by atoms with Crippen LogP contribution in [0.2, 0.25) is 0 Å². The van der Waals surface area contributed by atoms with Gasteiger partial charge in [-0.25, -0.2) is 0 Å². The lowest BCUT2D eigenvalue weighted by Gasteiger charge is -2.35. The molecule has 7 heteroatoms. The molecule has 1 atom stereocenters. The molecule has 0 saturated carbocycles. The predicted octanol–water partition coefficient (Wildman–Crippen LogP) is 2.13. The number of hydrogen-bond donors (Lipinski definition) is 2. The van der Waals surface area contributed by atoms with E-state index in [2.05, 4.69) is 39.8 Å². The number of nitrogens with one attached hydrogen (secondary N) is 2. The van der Waals surface area contributed by atoms with Crippen LogP contribution in [0.1, 0.15) is 17.2 Å². The second-order valence-electron chi connectivity index (χ2n) is 6.97. The van der Waals surface area contributed by atoms with Gasteiger partial charge in [0.05, 0.1) is 26.4 Å². The average Bonchev–Trinajstić information content (AvgIpc) is 2.75. The Morgan fingerprint density at radius 3 is 2.52 bits per heavy atom. The van der Waals surface area contributed by atoms with Gasteiger partial charge in [0, 0.05) is 31.4 Å². The van der Waals surface area contributed by atoms with Gasteiger partial charge in [-0.3, -0.25) is 14.5 Å². The molecule has 1 heterocycles. The molecule has 0 radical (unpaired) electrons. The Labute approximate surface area is 171 Å². The molecular formula is C22H27N3O4. The summed E-state index contributed by atoms with van der Waals surface area (Å²) < 4.78 is 10.6. The summed E-state index contributed by atoms with van der Waals surface area (Å²) in [5.41, 5.74) is 2.79. The van der Waals surface area contributed by atoms with Crippen LogP contribution in [0, 0.1) is 6.92 Å². The Morgan fingerprint density at radius 1 is 1.10 bits per heavy atom. The number of rotatable bonds is 6. The first-order chi connectivity index (χ1) is 14.1. The third kappa shape index (κ3) is 5.79. The van der Waals surface area contributed by atoms with Gasteiger partial charge in [-0.15, -0.1) is 0 Å². The van der Waals surface area contributed by atoms with E-state index in [4.69, 9.17) is 9.47 Å². The fourth-order valence-corrected chi connectivity index (χ4v) is 3.29. The Morgan fingerprint density at radius 2 is 1.83 bits per heavy atom. The number of nitrogens with zero attached hydrogens (tertiary/aromatic N) is 1. The number of benzene rings is 2. The first kappa shape index (κ1) is 20.8. The van der Waals surface area contributed by atoms with Gasteiger partial charge in [0.25, 0.3) is 0 Å². The van der Waals surface area contributed by atoms with Crippen molar-refractivity contribution in [3.8, 4) is 5.75 Å². The summed E-state index contributed by atoms with van der Waals surface area (Å²) in [5, 5.41) is 5.38. The topological polar surface area (TPSA) is 79.9 Å². The highest BCUT2D eigenvalue weighted by Crippen LogP contribution is 2.22. The minimum absolute atomic E-state index is 0.0203. The standard InChI is InChI=1S/C22H27N3O4/c1-16-6-8-17(9-7-16)20(25-10-12-29-13-11-25)15-23-21(26)22(27)24-18-4-3-5-19(14-18)28-2/h3-9,14,20H,10-13,15H2,1-2H3,(H,23,26)(H,24,27)/t20-/m0/s1. The molecule has 154 valence electrons. The first-order valence-electron chi connectivity index (χ1n) is 9.68. The van der Waals surface area contributed by atoms with E-state index in [-0.39, 0.29) is 6.04 Å². The van der Waals surface area contributed by atoms with E-state index in [1.54, 1.807) is 31.4 Å². The molecule has 1 saturated heterocycles. The van der Waals surface area contributed by atoms with Crippen LogP contribution in [-0.4, -0.2) is 56.7 Å². The smallest absolute Gasteiger partial charge is 0.313 e. The summed E-state index contributed by atoms with van der Waals surface area (Å²) in [6.07, 6.45) is 0. The predicted molar refractivity (Wildman–Crippen MR) is 111 cm³/mol. The number of anilines is 1. The molecule has 1 aliphatic rings. The molecule has 1 aliphatic heterocycles. The summed E-state index contributed by atoms with van der Waals surface area (Å²) in [5.74, 6) is -0.768. The van der Waals surface area contributed by atoms with Crippen LogP contribution in [0.5, 0.6) is 5.75 Å². The minimum atomic E-state index is -0.706. The molecule has 7 nitrogen and oxygen atoms in total. The Balaban J connectivity index is 1.63. The second kappa shape index (κ2) is 10.0. The number of hydrogen-bond acceptors (Lipinski definition) is 5. The molecule has 2 N–H and O–H groups in total. The molecule has 2 aromatic carbocycles. The molecule has 1 fully saturated rings. The van der Waals surface area contributed by atoms with Crippen LogP contribution in [0.4, 0.5) is 5.69 Å². The molecule has 2 amide bonds. The van der Waals surface area contributed by atoms with Gasteiger partial charge in [-0.05, 0) is 24.6 Å². The van der Waals surface area contributed by atoms with Crippen LogP contribution in [0.25, 0.3) is 0 Å². The summed E-state index contributed by atoms with van der Waals surface area (Å²) in [4.78, 5) is 26.9. The molecular weight excluding hydrogens is 370 g/mol. The lowest BCUT2D eigenvalue weighted by Crippen LogP contribution is -2.45. The van der Waals surface area contributed by atoms with Gasteiger partial charge in [-0.2, -0.15) is 0 Å². The Hall–Kier alpha value is -2.90. The van der Waals surface area contributed by atoms with E-state index in [9.17, 15) is 9.59 Å². The van der Waals surface area contributed by atoms with Crippen molar-refractivity contribution in [3.63, 3.8) is 0 Å². The van der Waals surface area contributed by atoms with Crippen molar-refractivity contribution in [1.82, 2.24) is 10.2 Å². The van der Waals surface area contributed by atoms with Crippen molar-refractivity contribution in [2.45, 2.75) is 13.0 Å². The van der Waals surface area contributed by atoms with Crippen molar-refractivity contribution in [2.75, 3.05) is 45.3 Å². The van der Waals surface area contributed by atoms with Crippen molar-refractivity contribution in [1.29, 1.82) is 0 Å². The molecule has 0 spiro atoms. The van der Waals surface area contributed by atoms with E-state index >= 15 is 0 Å². The summed E-state index contributed by atoms with van der Waals surface area (Å²) >= 11 is 0. The molecule has 0 aromatic heterocycles. The van der Waals surface area contributed by atoms with Crippen molar-refractivity contribution in [3.05, 3.63) is 59.7 Å². The van der Waals surface area contributed by atoms with E-state index in [0.29, 0.717) is 31.2 Å². The van der Waals surface area contributed by atoms with E-state index in [1.165, 1.54) is 5.56 Å². The number of morpholine rings is 1. The monoisotopic (exact) mass is 397 g/mol. The fourth-order valence-electron chi connectivity index (χ4n) is 3.29. The highest BCUT2D eigenvalue weighted by molar-refractivity contribution is 6.39. The maximum atomic E-state index is 12.4. The number of amides is 2. The highest BCUT2D eigenvalue weighted by atomic mass is 16.5. The zero-order chi connectivity index (χ0) is 20.6. The van der Waals surface area contributed by atoms with E-state index < -0.39 is 11.8 Å². The fraction of sp³-hybridized carbons (Fsp3) is 0.364. The van der Waals surface area contributed by atoms with Crippen molar-refractivity contribution in [2.24, 2.45) is 0 Å². The maximum absolute atomic E-state index is 12.4. The molecule has 2 aromatic rings. The summed E-state index contributed by atoms with van der Waals surface area (Å²) in [6.45, 7) is 5.26. The van der Waals surface area contributed by atoms with Crippen molar-refractivity contribution >= 4 is 17.5 Å². The zero-order valence-corrected chi connectivity index (χ0v) is 16.8. The lowest BCUT2D eigenvalue weighted by molar-refractivity contribution is -0.136. The van der Waals surface area contributed by atoms with Gasteiger partial charge in [0.15, 0.2) is 0 Å². The molecule has 29 heavy (non-hydrogen) atoms.